The third-order valence-electron chi connectivity index (χ3n) is 3.23. The fourth-order valence-electron chi connectivity index (χ4n) is 1.99. The number of amides is 1. The number of alkyl halides is 3. The van der Waals surface area contributed by atoms with E-state index < -0.39 is 37.7 Å². The SMILES string of the molecule is CN(C)C(=O)c1cccc(OS(=O)(=O)c2ccc(Cl)c(C(F)(F)F)c2)c1. The van der Waals surface area contributed by atoms with Gasteiger partial charge in [-0.1, -0.05) is 17.7 Å². The molecule has 0 unspecified atom stereocenters. The van der Waals surface area contributed by atoms with Crippen LogP contribution in [0.15, 0.2) is 47.4 Å². The molecule has 26 heavy (non-hydrogen) atoms. The molecular formula is C16H13ClF3NO4S. The number of carbonyl (C=O) groups is 1. The first-order valence-corrected chi connectivity index (χ1v) is 8.83. The van der Waals surface area contributed by atoms with Gasteiger partial charge in [-0.3, -0.25) is 4.79 Å². The molecule has 0 bridgehead atoms. The van der Waals surface area contributed by atoms with Crippen LogP contribution in [0.2, 0.25) is 5.02 Å². The Morgan fingerprint density at radius 2 is 1.77 bits per heavy atom. The zero-order chi connectivity index (χ0) is 19.7. The second-order valence-electron chi connectivity index (χ2n) is 5.40. The van der Waals surface area contributed by atoms with Crippen molar-refractivity contribution in [2.24, 2.45) is 0 Å². The Morgan fingerprint density at radius 3 is 2.35 bits per heavy atom. The Kier molecular flexibility index (Phi) is 5.52. The fraction of sp³-hybridized carbons (Fsp3) is 0.188. The Morgan fingerprint density at radius 1 is 1.12 bits per heavy atom. The molecule has 0 spiro atoms. The van der Waals surface area contributed by atoms with Gasteiger partial charge in [0, 0.05) is 19.7 Å². The minimum absolute atomic E-state index is 0.162. The van der Waals surface area contributed by atoms with Crippen LogP contribution in [-0.2, 0) is 16.3 Å². The summed E-state index contributed by atoms with van der Waals surface area (Å²) in [5.74, 6) is -0.597. The largest absolute Gasteiger partial charge is 0.417 e. The van der Waals surface area contributed by atoms with Crippen molar-refractivity contribution in [3.8, 4) is 5.75 Å². The van der Waals surface area contributed by atoms with Crippen molar-refractivity contribution >= 4 is 27.6 Å². The van der Waals surface area contributed by atoms with Gasteiger partial charge in [0.05, 0.1) is 10.6 Å². The summed E-state index contributed by atoms with van der Waals surface area (Å²) in [4.78, 5) is 12.5. The molecule has 2 aromatic carbocycles. The number of hydrogen-bond donors (Lipinski definition) is 0. The number of nitrogens with zero attached hydrogens (tertiary/aromatic N) is 1. The summed E-state index contributed by atoms with van der Waals surface area (Å²) < 4.78 is 68.1. The lowest BCUT2D eigenvalue weighted by Gasteiger charge is -2.13. The van der Waals surface area contributed by atoms with Crippen molar-refractivity contribution in [1.29, 1.82) is 0 Å². The minimum Gasteiger partial charge on any atom is -0.379 e. The highest BCUT2D eigenvalue weighted by atomic mass is 35.5. The molecule has 10 heteroatoms. The van der Waals surface area contributed by atoms with Gasteiger partial charge in [-0.25, -0.2) is 0 Å². The zero-order valence-corrected chi connectivity index (χ0v) is 15.1. The van der Waals surface area contributed by atoms with Gasteiger partial charge in [-0.15, -0.1) is 0 Å². The van der Waals surface area contributed by atoms with Crippen molar-refractivity contribution in [2.75, 3.05) is 14.1 Å². The molecule has 0 saturated carbocycles. The highest BCUT2D eigenvalue weighted by molar-refractivity contribution is 7.87. The van der Waals surface area contributed by atoms with Crippen molar-refractivity contribution in [2.45, 2.75) is 11.1 Å². The normalized spacial score (nSPS) is 11.9. The van der Waals surface area contributed by atoms with E-state index in [-0.39, 0.29) is 11.3 Å². The van der Waals surface area contributed by atoms with Crippen LogP contribution < -0.4 is 4.18 Å². The van der Waals surface area contributed by atoms with Crippen LogP contribution in [0, 0.1) is 0 Å². The predicted octanol–water partition coefficient (Wildman–Crippen LogP) is 3.83. The zero-order valence-electron chi connectivity index (χ0n) is 13.5. The van der Waals surface area contributed by atoms with Crippen LogP contribution in [-0.4, -0.2) is 33.3 Å². The minimum atomic E-state index is -4.82. The first kappa shape index (κ1) is 20.1. The monoisotopic (exact) mass is 407 g/mol. The first-order chi connectivity index (χ1) is 11.9. The van der Waals surface area contributed by atoms with Crippen molar-refractivity contribution in [1.82, 2.24) is 4.90 Å². The summed E-state index contributed by atoms with van der Waals surface area (Å²) in [6.07, 6.45) is -4.82. The van der Waals surface area contributed by atoms with Crippen LogP contribution in [0.1, 0.15) is 15.9 Å². The van der Waals surface area contributed by atoms with E-state index in [1.807, 2.05) is 0 Å². The fourth-order valence-corrected chi connectivity index (χ4v) is 3.17. The molecule has 0 heterocycles. The van der Waals surface area contributed by atoms with Crippen LogP contribution in [0.4, 0.5) is 13.2 Å². The number of rotatable bonds is 4. The summed E-state index contributed by atoms with van der Waals surface area (Å²) in [5, 5.41) is -0.630. The summed E-state index contributed by atoms with van der Waals surface area (Å²) in [6.45, 7) is 0. The molecule has 140 valence electrons. The summed E-state index contributed by atoms with van der Waals surface area (Å²) in [6, 6.07) is 7.42. The predicted molar refractivity (Wildman–Crippen MR) is 88.7 cm³/mol. The van der Waals surface area contributed by atoms with E-state index in [0.717, 1.165) is 12.1 Å². The van der Waals surface area contributed by atoms with E-state index in [4.69, 9.17) is 15.8 Å². The van der Waals surface area contributed by atoms with Gasteiger partial charge in [0.25, 0.3) is 5.91 Å². The van der Waals surface area contributed by atoms with Gasteiger partial charge in [0.2, 0.25) is 0 Å². The van der Waals surface area contributed by atoms with Crippen LogP contribution in [0.5, 0.6) is 5.75 Å². The van der Waals surface area contributed by atoms with Gasteiger partial charge in [0.15, 0.2) is 0 Å². The van der Waals surface area contributed by atoms with Crippen molar-refractivity contribution in [3.63, 3.8) is 0 Å². The van der Waals surface area contributed by atoms with E-state index in [9.17, 15) is 26.4 Å². The van der Waals surface area contributed by atoms with Gasteiger partial charge in [-0.2, -0.15) is 21.6 Å². The van der Waals surface area contributed by atoms with Crippen LogP contribution in [0.3, 0.4) is 0 Å². The molecule has 0 saturated heterocycles. The average molecular weight is 408 g/mol. The van der Waals surface area contributed by atoms with Gasteiger partial charge in [0.1, 0.15) is 10.6 Å². The lowest BCUT2D eigenvalue weighted by molar-refractivity contribution is -0.137. The Labute approximate surface area is 153 Å². The Hall–Kier alpha value is -2.26. The van der Waals surface area contributed by atoms with Gasteiger partial charge >= 0.3 is 16.3 Å². The summed E-state index contributed by atoms with van der Waals surface area (Å²) >= 11 is 5.48. The van der Waals surface area contributed by atoms with Gasteiger partial charge in [-0.05, 0) is 36.4 Å². The molecule has 0 radical (unpaired) electrons. The molecule has 0 fully saturated rings. The van der Waals surface area contributed by atoms with Crippen molar-refractivity contribution in [3.05, 3.63) is 58.6 Å². The number of halogens is 4. The molecule has 2 aromatic rings. The third kappa shape index (κ3) is 4.47. The lowest BCUT2D eigenvalue weighted by Crippen LogP contribution is -2.21. The van der Waals surface area contributed by atoms with E-state index >= 15 is 0 Å². The molecule has 0 aliphatic carbocycles. The van der Waals surface area contributed by atoms with E-state index in [1.165, 1.54) is 43.3 Å². The molecule has 0 N–H and O–H groups in total. The molecule has 2 rings (SSSR count). The first-order valence-electron chi connectivity index (χ1n) is 7.05. The molecule has 5 nitrogen and oxygen atoms in total. The number of hydrogen-bond acceptors (Lipinski definition) is 4. The highest BCUT2D eigenvalue weighted by Crippen LogP contribution is 2.36. The molecule has 0 aromatic heterocycles. The maximum absolute atomic E-state index is 12.9. The topological polar surface area (TPSA) is 63.7 Å². The molecule has 1 amide bonds. The van der Waals surface area contributed by atoms with Crippen LogP contribution in [0.25, 0.3) is 0 Å². The number of carbonyl (C=O) groups excluding carboxylic acids is 1. The maximum atomic E-state index is 12.9. The van der Waals surface area contributed by atoms with Crippen molar-refractivity contribution < 1.29 is 30.6 Å². The molecule has 0 atom stereocenters. The maximum Gasteiger partial charge on any atom is 0.417 e. The van der Waals surface area contributed by atoms with Crippen LogP contribution >= 0.6 is 11.6 Å². The summed E-state index contributed by atoms with van der Waals surface area (Å²) in [5.41, 5.74) is -1.13. The third-order valence-corrected chi connectivity index (χ3v) is 4.80. The van der Waals surface area contributed by atoms with E-state index in [1.54, 1.807) is 0 Å². The molecule has 0 aliphatic rings. The van der Waals surface area contributed by atoms with E-state index in [0.29, 0.717) is 6.07 Å². The Balaban J connectivity index is 2.38. The quantitative estimate of drug-likeness (QED) is 0.723. The smallest absolute Gasteiger partial charge is 0.379 e. The second kappa shape index (κ2) is 7.16. The van der Waals surface area contributed by atoms with E-state index in [2.05, 4.69) is 0 Å². The second-order valence-corrected chi connectivity index (χ2v) is 7.36. The van der Waals surface area contributed by atoms with Gasteiger partial charge < -0.3 is 9.08 Å². The average Bonchev–Trinajstić information content (AvgIpc) is 2.53. The molecule has 0 aliphatic heterocycles. The highest BCUT2D eigenvalue weighted by Gasteiger charge is 2.35. The Bertz CT molecular complexity index is 943. The lowest BCUT2D eigenvalue weighted by atomic mass is 10.2. The standard InChI is InChI=1S/C16H13ClF3NO4S/c1-21(2)15(22)10-4-3-5-11(8-10)25-26(23,24)12-6-7-14(17)13(9-12)16(18,19)20/h3-9H,1-2H3. The summed E-state index contributed by atoms with van der Waals surface area (Å²) in [7, 11) is -1.53. The number of benzene rings is 2. The molecular weight excluding hydrogens is 395 g/mol.